The highest BCUT2D eigenvalue weighted by atomic mass is 35.5. The summed E-state index contributed by atoms with van der Waals surface area (Å²) in [6, 6.07) is 4.11. The number of aromatic nitrogens is 1. The first-order valence-corrected chi connectivity index (χ1v) is 7.05. The molecule has 0 aliphatic carbocycles. The van der Waals surface area contributed by atoms with Crippen LogP contribution in [0.5, 0.6) is 0 Å². The largest absolute Gasteiger partial charge is 1.00 e. The normalized spacial score (nSPS) is 14.2. The topological polar surface area (TPSA) is 33.4 Å². The summed E-state index contributed by atoms with van der Waals surface area (Å²) >= 11 is 0. The van der Waals surface area contributed by atoms with Crippen molar-refractivity contribution in [3.63, 3.8) is 0 Å². The van der Waals surface area contributed by atoms with E-state index in [4.69, 9.17) is 4.74 Å². The Bertz CT molecular complexity index is 432. The van der Waals surface area contributed by atoms with Crippen LogP contribution in [0.15, 0.2) is 24.5 Å². The predicted molar refractivity (Wildman–Crippen MR) is 72.5 cm³/mol. The minimum Gasteiger partial charge on any atom is -1.00 e. The van der Waals surface area contributed by atoms with Gasteiger partial charge in [0.25, 0.3) is 6.73 Å². The Labute approximate surface area is 127 Å². The molecule has 1 aliphatic rings. The Hall–Kier alpha value is -1.29. The van der Waals surface area contributed by atoms with Crippen molar-refractivity contribution < 1.29 is 26.5 Å². The van der Waals surface area contributed by atoms with E-state index in [1.54, 1.807) is 4.90 Å². The summed E-state index contributed by atoms with van der Waals surface area (Å²) in [4.78, 5) is 13.5. The minimum atomic E-state index is -0.195. The zero-order chi connectivity index (χ0) is 13.7. The molecule has 1 aromatic rings. The molecule has 20 heavy (non-hydrogen) atoms. The second-order valence-electron chi connectivity index (χ2n) is 5.56. The number of likely N-dealkylation sites (tertiary alicyclic amines) is 1. The average molecular weight is 299 g/mol. The third-order valence-corrected chi connectivity index (χ3v) is 3.26. The number of hydrogen-bond acceptors (Lipinski definition) is 2. The summed E-state index contributed by atoms with van der Waals surface area (Å²) in [5.41, 5.74) is 1.27. The molecule has 1 aliphatic heterocycles. The Balaban J connectivity index is 0.00000200. The lowest BCUT2D eigenvalue weighted by molar-refractivity contribution is -0.727. The van der Waals surface area contributed by atoms with E-state index < -0.39 is 0 Å². The Kier molecular flexibility index (Phi) is 6.79. The van der Waals surface area contributed by atoms with Crippen molar-refractivity contribution in [3.05, 3.63) is 30.1 Å². The van der Waals surface area contributed by atoms with Gasteiger partial charge in [-0.15, -0.1) is 0 Å². The van der Waals surface area contributed by atoms with Gasteiger partial charge in [0.05, 0.1) is 0 Å². The van der Waals surface area contributed by atoms with Gasteiger partial charge in [-0.25, -0.2) is 4.79 Å². The van der Waals surface area contributed by atoms with E-state index in [-0.39, 0.29) is 18.5 Å². The minimum absolute atomic E-state index is 0. The molecule has 2 heterocycles. The van der Waals surface area contributed by atoms with Gasteiger partial charge in [0.2, 0.25) is 0 Å². The molecule has 112 valence electrons. The van der Waals surface area contributed by atoms with Crippen LogP contribution in [0, 0.1) is 5.92 Å². The molecule has 4 nitrogen and oxygen atoms in total. The Morgan fingerprint density at radius 3 is 2.75 bits per heavy atom. The number of hydrogen-bond donors (Lipinski definition) is 0. The van der Waals surface area contributed by atoms with Gasteiger partial charge >= 0.3 is 6.09 Å². The summed E-state index contributed by atoms with van der Waals surface area (Å²) in [5, 5.41) is 0. The van der Waals surface area contributed by atoms with Crippen LogP contribution in [0.4, 0.5) is 4.79 Å². The number of halogens is 1. The van der Waals surface area contributed by atoms with E-state index in [1.807, 2.05) is 16.8 Å². The Morgan fingerprint density at radius 1 is 1.40 bits per heavy atom. The first-order valence-electron chi connectivity index (χ1n) is 7.05. The van der Waals surface area contributed by atoms with Crippen LogP contribution in [-0.2, 0) is 17.9 Å². The van der Waals surface area contributed by atoms with Crippen LogP contribution in [0.25, 0.3) is 0 Å². The molecular formula is C15H23ClN2O2. The molecule has 0 atom stereocenters. The van der Waals surface area contributed by atoms with E-state index in [0.29, 0.717) is 12.6 Å². The van der Waals surface area contributed by atoms with Crippen molar-refractivity contribution in [2.75, 3.05) is 13.1 Å². The van der Waals surface area contributed by atoms with Crippen molar-refractivity contribution in [2.45, 2.75) is 39.8 Å². The van der Waals surface area contributed by atoms with Crippen LogP contribution in [0.2, 0.25) is 0 Å². The molecule has 1 fully saturated rings. The van der Waals surface area contributed by atoms with Gasteiger partial charge in [-0.1, -0.05) is 13.8 Å². The van der Waals surface area contributed by atoms with E-state index >= 15 is 0 Å². The molecule has 1 amide bonds. The van der Waals surface area contributed by atoms with Crippen molar-refractivity contribution in [1.82, 2.24) is 4.90 Å². The molecule has 2 rings (SSSR count). The second kappa shape index (κ2) is 8.10. The molecule has 1 saturated heterocycles. The number of carbonyl (C=O) groups is 1. The summed E-state index contributed by atoms with van der Waals surface area (Å²) in [6.45, 7) is 6.35. The summed E-state index contributed by atoms with van der Waals surface area (Å²) in [6.07, 6.45) is 7.01. The summed E-state index contributed by atoms with van der Waals surface area (Å²) < 4.78 is 7.24. The van der Waals surface area contributed by atoms with Gasteiger partial charge < -0.3 is 22.0 Å². The fourth-order valence-corrected chi connectivity index (χ4v) is 2.37. The molecular weight excluding hydrogens is 276 g/mol. The standard InChI is InChI=1S/C15H23N2O2.ClH/c1-13(2)10-14-6-5-7-16(11-14)12-19-15(18)17-8-3-4-9-17;/h5-7,11,13H,3-4,8-10,12H2,1-2H3;1H/q+1;/p-1. The highest BCUT2D eigenvalue weighted by Crippen LogP contribution is 2.08. The van der Waals surface area contributed by atoms with Crippen molar-refractivity contribution in [1.29, 1.82) is 0 Å². The highest BCUT2D eigenvalue weighted by Gasteiger charge is 2.20. The molecule has 0 aromatic carbocycles. The average Bonchev–Trinajstić information content (AvgIpc) is 2.89. The number of nitrogens with zero attached hydrogens (tertiary/aromatic N) is 2. The number of carbonyl (C=O) groups excluding carboxylic acids is 1. The predicted octanol–water partition coefficient (Wildman–Crippen LogP) is -0.633. The maximum Gasteiger partial charge on any atom is 0.414 e. The lowest BCUT2D eigenvalue weighted by Gasteiger charge is -2.13. The van der Waals surface area contributed by atoms with Crippen LogP contribution in [-0.4, -0.2) is 24.1 Å². The molecule has 0 radical (unpaired) electrons. The fraction of sp³-hybridized carbons (Fsp3) is 0.600. The molecule has 5 heteroatoms. The third kappa shape index (κ3) is 5.00. The quantitative estimate of drug-likeness (QED) is 0.694. The van der Waals surface area contributed by atoms with Gasteiger partial charge in [-0.3, -0.25) is 0 Å². The third-order valence-electron chi connectivity index (χ3n) is 3.26. The van der Waals surface area contributed by atoms with Crippen molar-refractivity contribution in [3.8, 4) is 0 Å². The second-order valence-corrected chi connectivity index (χ2v) is 5.56. The lowest BCUT2D eigenvalue weighted by Crippen LogP contribution is -3.00. The summed E-state index contributed by atoms with van der Waals surface area (Å²) in [5.74, 6) is 0.628. The van der Waals surface area contributed by atoms with Crippen molar-refractivity contribution >= 4 is 6.09 Å². The number of ether oxygens (including phenoxy) is 1. The van der Waals surface area contributed by atoms with Crippen molar-refractivity contribution in [2.24, 2.45) is 5.92 Å². The van der Waals surface area contributed by atoms with Crippen LogP contribution in [0.1, 0.15) is 32.3 Å². The zero-order valence-electron chi connectivity index (χ0n) is 12.2. The van der Waals surface area contributed by atoms with E-state index in [0.717, 1.165) is 32.4 Å². The smallest absolute Gasteiger partial charge is 0.414 e. The lowest BCUT2D eigenvalue weighted by atomic mass is 10.1. The number of amides is 1. The summed E-state index contributed by atoms with van der Waals surface area (Å²) in [7, 11) is 0. The molecule has 0 saturated carbocycles. The van der Waals surface area contributed by atoms with Crippen LogP contribution in [0.3, 0.4) is 0 Å². The Morgan fingerprint density at radius 2 is 2.10 bits per heavy atom. The molecule has 1 aromatic heterocycles. The first-order chi connectivity index (χ1) is 9.15. The van der Waals surface area contributed by atoms with Crippen LogP contribution < -0.4 is 17.0 Å². The molecule has 0 unspecified atom stereocenters. The van der Waals surface area contributed by atoms with Gasteiger partial charge in [0, 0.05) is 24.7 Å². The van der Waals surface area contributed by atoms with Gasteiger partial charge in [-0.2, -0.15) is 4.57 Å². The van der Waals surface area contributed by atoms with E-state index in [2.05, 4.69) is 26.1 Å². The molecule has 0 bridgehead atoms. The van der Waals surface area contributed by atoms with Gasteiger partial charge in [0.1, 0.15) is 0 Å². The van der Waals surface area contributed by atoms with E-state index in [9.17, 15) is 4.79 Å². The number of pyridine rings is 1. The zero-order valence-corrected chi connectivity index (χ0v) is 13.0. The monoisotopic (exact) mass is 298 g/mol. The van der Waals surface area contributed by atoms with E-state index in [1.165, 1.54) is 5.56 Å². The van der Waals surface area contributed by atoms with Crippen LogP contribution >= 0.6 is 0 Å². The SMILES string of the molecule is CC(C)Cc1ccc[n+](COC(=O)N2CCCC2)c1.[Cl-]. The maximum atomic E-state index is 11.8. The highest BCUT2D eigenvalue weighted by molar-refractivity contribution is 5.67. The number of rotatable bonds is 4. The van der Waals surface area contributed by atoms with Gasteiger partial charge in [0.15, 0.2) is 12.4 Å². The fourth-order valence-electron chi connectivity index (χ4n) is 2.37. The maximum absolute atomic E-state index is 11.8. The van der Waals surface area contributed by atoms with Gasteiger partial charge in [-0.05, 0) is 31.2 Å². The molecule has 0 spiro atoms. The molecule has 0 N–H and O–H groups in total. The first kappa shape index (κ1) is 16.8.